The van der Waals surface area contributed by atoms with Crippen molar-refractivity contribution in [2.75, 3.05) is 37.7 Å². The summed E-state index contributed by atoms with van der Waals surface area (Å²) < 4.78 is 6.48. The Kier molecular flexibility index (Phi) is 5.60. The number of aliphatic hydroxyl groups is 1. The highest BCUT2D eigenvalue weighted by Crippen LogP contribution is 2.50. The number of hydrogen-bond acceptors (Lipinski definition) is 9. The van der Waals surface area contributed by atoms with Crippen molar-refractivity contribution in [1.82, 2.24) is 15.1 Å². The van der Waals surface area contributed by atoms with E-state index in [9.17, 15) is 9.90 Å². The lowest BCUT2D eigenvalue weighted by atomic mass is 9.58. The van der Waals surface area contributed by atoms with Crippen LogP contribution in [0.15, 0.2) is 4.34 Å². The van der Waals surface area contributed by atoms with E-state index in [2.05, 4.69) is 10.2 Å². The number of aromatic nitrogens is 2. The lowest BCUT2D eigenvalue weighted by molar-refractivity contribution is -0.210. The Bertz CT molecular complexity index is 577. The van der Waals surface area contributed by atoms with E-state index in [1.165, 1.54) is 23.1 Å². The molecule has 1 aliphatic carbocycles. The number of ether oxygens (including phenoxy) is 1. The molecule has 2 atom stereocenters. The van der Waals surface area contributed by atoms with Gasteiger partial charge < -0.3 is 26.2 Å². The molecule has 2 fully saturated rings. The molecule has 0 aromatic carbocycles. The van der Waals surface area contributed by atoms with Crippen molar-refractivity contribution < 1.29 is 14.6 Å². The molecule has 1 amide bonds. The van der Waals surface area contributed by atoms with E-state index in [4.69, 9.17) is 16.2 Å². The normalized spacial score (nSPS) is 25.7. The molecular formula is C14H23N5O3S2. The van der Waals surface area contributed by atoms with Gasteiger partial charge in [0.1, 0.15) is 0 Å². The molecule has 2 heterocycles. The molecule has 5 N–H and O–H groups in total. The van der Waals surface area contributed by atoms with Gasteiger partial charge in [0.2, 0.25) is 11.0 Å². The fourth-order valence-electron chi connectivity index (χ4n) is 3.49. The van der Waals surface area contributed by atoms with Gasteiger partial charge in [-0.1, -0.05) is 23.1 Å². The van der Waals surface area contributed by atoms with Crippen LogP contribution in [0.1, 0.15) is 19.3 Å². The maximum atomic E-state index is 12.4. The predicted octanol–water partition coefficient (Wildman–Crippen LogP) is -0.0703. The lowest BCUT2D eigenvalue weighted by Gasteiger charge is -2.56. The molecule has 0 unspecified atom stereocenters. The van der Waals surface area contributed by atoms with Gasteiger partial charge in [-0.15, -0.1) is 10.2 Å². The monoisotopic (exact) mass is 373 g/mol. The van der Waals surface area contributed by atoms with Gasteiger partial charge >= 0.3 is 0 Å². The molecule has 1 aliphatic heterocycles. The Morgan fingerprint density at radius 2 is 2.21 bits per heavy atom. The molecule has 1 aromatic heterocycles. The topological polar surface area (TPSA) is 128 Å². The van der Waals surface area contributed by atoms with E-state index in [0.717, 1.165) is 12.8 Å². The average Bonchev–Trinajstić information content (AvgIpc) is 3.01. The van der Waals surface area contributed by atoms with Crippen molar-refractivity contribution in [2.45, 2.75) is 35.8 Å². The van der Waals surface area contributed by atoms with Crippen LogP contribution in [0.5, 0.6) is 0 Å². The number of aliphatic hydroxyl groups excluding tert-OH is 1. The number of likely N-dealkylation sites (tertiary alicyclic amines) is 1. The molecule has 1 aromatic rings. The maximum Gasteiger partial charge on any atom is 0.233 e. The summed E-state index contributed by atoms with van der Waals surface area (Å²) in [6, 6.07) is 0. The van der Waals surface area contributed by atoms with Gasteiger partial charge in [-0.05, 0) is 12.8 Å². The highest BCUT2D eigenvalue weighted by molar-refractivity contribution is 8.01. The van der Waals surface area contributed by atoms with Crippen LogP contribution in [-0.2, 0) is 9.53 Å². The van der Waals surface area contributed by atoms with E-state index in [0.29, 0.717) is 47.9 Å². The number of rotatable bonds is 6. The number of nitrogens with two attached hydrogens (primary N) is 2. The van der Waals surface area contributed by atoms with Crippen LogP contribution < -0.4 is 11.5 Å². The van der Waals surface area contributed by atoms with E-state index in [1.54, 1.807) is 0 Å². The molecule has 0 bridgehead atoms. The minimum atomic E-state index is -0.337. The molecule has 2 aliphatic rings. The van der Waals surface area contributed by atoms with Gasteiger partial charge in [0, 0.05) is 31.5 Å². The zero-order chi connectivity index (χ0) is 17.2. The van der Waals surface area contributed by atoms with Gasteiger partial charge in [-0.3, -0.25) is 4.79 Å². The first-order valence-corrected chi connectivity index (χ1v) is 9.84. The Hall–Kier alpha value is -0.940. The van der Waals surface area contributed by atoms with Crippen LogP contribution in [0.2, 0.25) is 0 Å². The number of anilines is 1. The van der Waals surface area contributed by atoms with Gasteiger partial charge in [0.25, 0.3) is 0 Å². The summed E-state index contributed by atoms with van der Waals surface area (Å²) in [5, 5.41) is 18.3. The molecule has 3 rings (SSSR count). The molecular weight excluding hydrogens is 350 g/mol. The Labute approximate surface area is 148 Å². The predicted molar refractivity (Wildman–Crippen MR) is 92.7 cm³/mol. The molecule has 1 spiro atoms. The summed E-state index contributed by atoms with van der Waals surface area (Å²) in [4.78, 5) is 14.2. The van der Waals surface area contributed by atoms with Crippen LogP contribution in [-0.4, -0.2) is 70.3 Å². The molecule has 134 valence electrons. The first-order chi connectivity index (χ1) is 11.5. The summed E-state index contributed by atoms with van der Waals surface area (Å²) in [5.74, 6) is 0.411. The van der Waals surface area contributed by atoms with Gasteiger partial charge in [-0.2, -0.15) is 0 Å². The second-order valence-electron chi connectivity index (χ2n) is 6.21. The van der Waals surface area contributed by atoms with Crippen LogP contribution in [0, 0.1) is 5.41 Å². The first kappa shape index (κ1) is 17.9. The van der Waals surface area contributed by atoms with Gasteiger partial charge in [0.15, 0.2) is 4.34 Å². The highest BCUT2D eigenvalue weighted by Gasteiger charge is 2.56. The van der Waals surface area contributed by atoms with E-state index in [-0.39, 0.29) is 23.5 Å². The maximum absolute atomic E-state index is 12.4. The fraction of sp³-hybridized carbons (Fsp3) is 0.786. The second kappa shape index (κ2) is 7.52. The standard InChI is InChI=1S/C14H23N5O3S2/c15-3-6-22-10-7-9(20)14(10)1-4-19(5-2-14)11(21)8-23-13-18-17-12(16)24-13/h9-10,20H,1-8,15H2,(H2,16,17)/t9-,10+/m1/s1. The quantitative estimate of drug-likeness (QED) is 0.591. The number of amides is 1. The number of carbonyl (C=O) groups excluding carboxylic acids is 1. The zero-order valence-corrected chi connectivity index (χ0v) is 15.0. The summed E-state index contributed by atoms with van der Waals surface area (Å²) in [5.41, 5.74) is 10.8. The van der Waals surface area contributed by atoms with Crippen LogP contribution >= 0.6 is 23.1 Å². The Morgan fingerprint density at radius 3 is 2.79 bits per heavy atom. The van der Waals surface area contributed by atoms with Crippen molar-refractivity contribution in [2.24, 2.45) is 11.1 Å². The van der Waals surface area contributed by atoms with Crippen LogP contribution in [0.25, 0.3) is 0 Å². The first-order valence-electron chi connectivity index (χ1n) is 8.04. The summed E-state index contributed by atoms with van der Waals surface area (Å²) in [6.07, 6.45) is 1.93. The molecule has 0 radical (unpaired) electrons. The third kappa shape index (κ3) is 3.52. The summed E-state index contributed by atoms with van der Waals surface area (Å²) in [6.45, 7) is 2.30. The largest absolute Gasteiger partial charge is 0.392 e. The third-order valence-corrected chi connectivity index (χ3v) is 6.84. The Balaban J connectivity index is 1.48. The number of nitrogen functional groups attached to an aromatic ring is 1. The van der Waals surface area contributed by atoms with E-state index >= 15 is 0 Å². The van der Waals surface area contributed by atoms with Crippen molar-refractivity contribution in [1.29, 1.82) is 0 Å². The van der Waals surface area contributed by atoms with Gasteiger partial charge in [-0.25, -0.2) is 0 Å². The van der Waals surface area contributed by atoms with Crippen molar-refractivity contribution >= 4 is 34.1 Å². The number of carbonyl (C=O) groups is 1. The zero-order valence-electron chi connectivity index (χ0n) is 13.4. The van der Waals surface area contributed by atoms with Crippen LogP contribution in [0.3, 0.4) is 0 Å². The minimum Gasteiger partial charge on any atom is -0.392 e. The molecule has 1 saturated carbocycles. The Morgan fingerprint density at radius 1 is 1.46 bits per heavy atom. The third-order valence-electron chi connectivity index (χ3n) is 4.97. The minimum absolute atomic E-state index is 0.0621. The smallest absolute Gasteiger partial charge is 0.233 e. The molecule has 10 heteroatoms. The number of piperidine rings is 1. The molecule has 1 saturated heterocycles. The number of hydrogen-bond donors (Lipinski definition) is 3. The number of thioether (sulfide) groups is 1. The SMILES string of the molecule is NCCO[C@H]1C[C@@H](O)C12CCN(C(=O)CSc1nnc(N)s1)CC2. The van der Waals surface area contributed by atoms with Crippen molar-refractivity contribution in [3.8, 4) is 0 Å². The van der Waals surface area contributed by atoms with Crippen molar-refractivity contribution in [3.05, 3.63) is 0 Å². The average molecular weight is 374 g/mol. The van der Waals surface area contributed by atoms with E-state index in [1.807, 2.05) is 4.90 Å². The molecule has 24 heavy (non-hydrogen) atoms. The summed E-state index contributed by atoms with van der Waals surface area (Å²) in [7, 11) is 0. The molecule has 8 nitrogen and oxygen atoms in total. The van der Waals surface area contributed by atoms with E-state index < -0.39 is 0 Å². The summed E-state index contributed by atoms with van der Waals surface area (Å²) >= 11 is 2.65. The van der Waals surface area contributed by atoms with Crippen LogP contribution in [0.4, 0.5) is 5.13 Å². The lowest BCUT2D eigenvalue weighted by Crippen LogP contribution is -2.63. The second-order valence-corrected chi connectivity index (χ2v) is 8.44. The van der Waals surface area contributed by atoms with Gasteiger partial charge in [0.05, 0.1) is 24.6 Å². The highest BCUT2D eigenvalue weighted by atomic mass is 32.2. The van der Waals surface area contributed by atoms with Crippen molar-refractivity contribution in [3.63, 3.8) is 0 Å². The number of nitrogens with zero attached hydrogens (tertiary/aromatic N) is 3. The fourth-order valence-corrected chi connectivity index (χ4v) is 5.03.